The molecule has 0 saturated carbocycles. The van der Waals surface area contributed by atoms with Gasteiger partial charge in [0.15, 0.2) is 23.2 Å². The van der Waals surface area contributed by atoms with E-state index in [1.807, 2.05) is 121 Å². The van der Waals surface area contributed by atoms with Gasteiger partial charge in [0.25, 0.3) is 0 Å². The van der Waals surface area contributed by atoms with Crippen molar-refractivity contribution in [3.05, 3.63) is 350 Å². The minimum Gasteiger partial charge on any atom is -0.309 e. The number of aromatic nitrogens is 5. The highest BCUT2D eigenvalue weighted by Crippen LogP contribution is 2.44. The molecule has 8 nitrogen and oxygen atoms in total. The van der Waals surface area contributed by atoms with Gasteiger partial charge in [-0.05, 0) is 175 Å². The summed E-state index contributed by atoms with van der Waals surface area (Å²) in [7, 11) is 0. The summed E-state index contributed by atoms with van der Waals surface area (Å²) in [4.78, 5) is 20.7. The molecule has 0 unspecified atom stereocenters. The fraction of sp³-hybridized carbons (Fsp3) is 0. The van der Waals surface area contributed by atoms with Crippen molar-refractivity contribution in [2.24, 2.45) is 0 Å². The molecule has 17 rings (SSSR count). The van der Waals surface area contributed by atoms with Crippen molar-refractivity contribution in [3.63, 3.8) is 0 Å². The van der Waals surface area contributed by atoms with Crippen LogP contribution in [0.5, 0.6) is 0 Å². The van der Waals surface area contributed by atoms with Crippen molar-refractivity contribution in [2.45, 2.75) is 0 Å². The van der Waals surface area contributed by atoms with E-state index in [-0.39, 0.29) is 0 Å². The first kappa shape index (κ1) is 58.0. The standard InChI is InChI=1S/C90H54N8/c1-93-83-33-19-18-32-78(83)71-47-73(51-75(49-71)98-86-44-40-66(60-24-10-4-11-25-60)54-81(86)82-55-67(41-45-87(82)98)61-26-12-5-13-27-61)90-95-88(63-36-34-62(35-37-63)76-30-16-14-28-68(76)56-91)94-89(96-90)72-46-70(77-31-17-15-29-69(77)57-92)48-74(50-72)97-84-42-38-64(58-20-6-2-7-21-58)52-79(84)80-53-65(39-43-85(80)97)59-22-8-3-9-23-59/h2-55H. The molecule has 0 N–H and O–H groups in total. The Balaban J connectivity index is 0.927. The molecule has 0 bridgehead atoms. The number of hydrogen-bond acceptors (Lipinski definition) is 5. The van der Waals surface area contributed by atoms with Crippen LogP contribution < -0.4 is 0 Å². The van der Waals surface area contributed by atoms with E-state index in [1.54, 1.807) is 0 Å². The predicted octanol–water partition coefficient (Wildman–Crippen LogP) is 23.0. The molecule has 0 amide bonds. The van der Waals surface area contributed by atoms with Gasteiger partial charge >= 0.3 is 0 Å². The Hall–Kier alpha value is -13.8. The predicted molar refractivity (Wildman–Crippen MR) is 399 cm³/mol. The molecular weight excluding hydrogens is 1190 g/mol. The number of benzene rings is 14. The summed E-state index contributed by atoms with van der Waals surface area (Å²) >= 11 is 0. The van der Waals surface area contributed by atoms with Crippen molar-refractivity contribution in [3.8, 4) is 136 Å². The third-order valence-corrected chi connectivity index (χ3v) is 18.7. The van der Waals surface area contributed by atoms with Crippen molar-refractivity contribution in [1.29, 1.82) is 10.5 Å². The molecule has 17 aromatic rings. The lowest BCUT2D eigenvalue weighted by molar-refractivity contribution is 1.07. The van der Waals surface area contributed by atoms with Crippen LogP contribution in [0.25, 0.3) is 172 Å². The smallest absolute Gasteiger partial charge is 0.194 e. The van der Waals surface area contributed by atoms with Crippen LogP contribution in [-0.2, 0) is 0 Å². The number of fused-ring (bicyclic) bond motifs is 6. The van der Waals surface area contributed by atoms with E-state index in [0.29, 0.717) is 45.4 Å². The minimum absolute atomic E-state index is 0.396. The van der Waals surface area contributed by atoms with Gasteiger partial charge in [0, 0.05) is 49.6 Å². The zero-order valence-electron chi connectivity index (χ0n) is 52.8. The van der Waals surface area contributed by atoms with Gasteiger partial charge in [-0.15, -0.1) is 0 Å². The van der Waals surface area contributed by atoms with E-state index < -0.39 is 0 Å². The molecular formula is C90H54N8. The fourth-order valence-electron chi connectivity index (χ4n) is 13.9. The lowest BCUT2D eigenvalue weighted by Gasteiger charge is -2.16. The van der Waals surface area contributed by atoms with E-state index in [2.05, 4.69) is 232 Å². The summed E-state index contributed by atoms with van der Waals surface area (Å²) in [5.74, 6) is 1.21. The first-order chi connectivity index (χ1) is 48.4. The van der Waals surface area contributed by atoms with Crippen molar-refractivity contribution < 1.29 is 0 Å². The van der Waals surface area contributed by atoms with Gasteiger partial charge in [-0.2, -0.15) is 10.5 Å². The highest BCUT2D eigenvalue weighted by Gasteiger charge is 2.23. The van der Waals surface area contributed by atoms with Crippen LogP contribution in [-0.4, -0.2) is 24.1 Å². The number of hydrogen-bond donors (Lipinski definition) is 0. The van der Waals surface area contributed by atoms with E-state index in [4.69, 9.17) is 21.5 Å². The Morgan fingerprint density at radius 3 is 0.929 bits per heavy atom. The molecule has 0 aliphatic carbocycles. The first-order valence-corrected chi connectivity index (χ1v) is 32.4. The molecule has 8 heteroatoms. The number of nitriles is 2. The van der Waals surface area contributed by atoms with E-state index >= 15 is 0 Å². The van der Waals surface area contributed by atoms with Gasteiger partial charge < -0.3 is 9.13 Å². The molecule has 0 atom stereocenters. The van der Waals surface area contributed by atoms with Gasteiger partial charge in [0.1, 0.15) is 0 Å². The molecule has 0 fully saturated rings. The van der Waals surface area contributed by atoms with Crippen LogP contribution in [0.3, 0.4) is 0 Å². The Bertz CT molecular complexity index is 5610. The van der Waals surface area contributed by atoms with Gasteiger partial charge in [0.05, 0.1) is 51.9 Å². The topological polar surface area (TPSA) is 100 Å². The minimum atomic E-state index is 0.396. The maximum atomic E-state index is 10.8. The van der Waals surface area contributed by atoms with Crippen LogP contribution in [0.2, 0.25) is 0 Å². The second kappa shape index (κ2) is 24.6. The quantitative estimate of drug-likeness (QED) is 0.113. The second-order valence-electron chi connectivity index (χ2n) is 24.4. The van der Waals surface area contributed by atoms with E-state index in [1.165, 1.54) is 0 Å². The van der Waals surface area contributed by atoms with E-state index in [0.717, 1.165) is 138 Å². The molecule has 3 aromatic heterocycles. The lowest BCUT2D eigenvalue weighted by Crippen LogP contribution is -2.03. The Morgan fingerprint density at radius 2 is 0.551 bits per heavy atom. The molecule has 3 heterocycles. The average Bonchev–Trinajstić information content (AvgIpc) is 1.58. The SMILES string of the molecule is [C-]#[N+]c1ccccc1-c1cc(-c2nc(-c3ccc(-c4ccccc4C#N)cc3)nc(-c3cc(-c4ccccc4C#N)cc(-n4c5ccc(-c6ccccc6)cc5c5cc(-c6ccccc6)ccc54)c3)n2)cc(-n2c3ccc(-c4ccccc4)cc3c3cc(-c4ccccc4)ccc32)c1. The number of nitrogens with zero attached hydrogens (tertiary/aromatic N) is 8. The molecule has 0 spiro atoms. The van der Waals surface area contributed by atoms with Gasteiger partial charge in [-0.3, -0.25) is 0 Å². The zero-order chi connectivity index (χ0) is 65.6. The molecule has 0 saturated heterocycles. The third-order valence-electron chi connectivity index (χ3n) is 18.7. The molecule has 0 aliphatic rings. The van der Waals surface area contributed by atoms with Crippen molar-refractivity contribution >= 4 is 49.3 Å². The summed E-state index contributed by atoms with van der Waals surface area (Å²) in [6.07, 6.45) is 0. The Morgan fingerprint density at radius 1 is 0.255 bits per heavy atom. The van der Waals surface area contributed by atoms with Crippen LogP contribution in [0.4, 0.5) is 5.69 Å². The zero-order valence-corrected chi connectivity index (χ0v) is 52.8. The monoisotopic (exact) mass is 1250 g/mol. The molecule has 14 aromatic carbocycles. The van der Waals surface area contributed by atoms with Crippen molar-refractivity contribution in [2.75, 3.05) is 0 Å². The summed E-state index contributed by atoms with van der Waals surface area (Å²) in [6.45, 7) is 8.49. The second-order valence-corrected chi connectivity index (χ2v) is 24.4. The normalized spacial score (nSPS) is 11.2. The number of rotatable bonds is 12. The van der Waals surface area contributed by atoms with Crippen LogP contribution in [0.1, 0.15) is 11.1 Å². The Kier molecular flexibility index (Phi) is 14.5. The summed E-state index contributed by atoms with van der Waals surface area (Å²) < 4.78 is 4.64. The molecule has 98 heavy (non-hydrogen) atoms. The van der Waals surface area contributed by atoms with Gasteiger partial charge in [-0.1, -0.05) is 231 Å². The molecule has 0 radical (unpaired) electrons. The Labute approximate surface area is 566 Å². The molecule has 454 valence electrons. The summed E-state index contributed by atoms with van der Waals surface area (Å²) in [5, 5.41) is 25.4. The number of para-hydroxylation sites is 1. The van der Waals surface area contributed by atoms with Crippen molar-refractivity contribution in [1.82, 2.24) is 24.1 Å². The first-order valence-electron chi connectivity index (χ1n) is 32.4. The highest BCUT2D eigenvalue weighted by atomic mass is 15.0. The molecule has 0 aliphatic heterocycles. The van der Waals surface area contributed by atoms with Gasteiger partial charge in [0.2, 0.25) is 0 Å². The van der Waals surface area contributed by atoms with E-state index in [9.17, 15) is 10.5 Å². The maximum absolute atomic E-state index is 10.8. The lowest BCUT2D eigenvalue weighted by atomic mass is 9.97. The largest absolute Gasteiger partial charge is 0.309 e. The third kappa shape index (κ3) is 10.5. The highest BCUT2D eigenvalue weighted by molar-refractivity contribution is 6.13. The average molecular weight is 1250 g/mol. The summed E-state index contributed by atoms with van der Waals surface area (Å²) in [5.41, 5.74) is 23.1. The van der Waals surface area contributed by atoms with Crippen LogP contribution >= 0.6 is 0 Å². The summed E-state index contributed by atoms with van der Waals surface area (Å²) in [6, 6.07) is 118. The maximum Gasteiger partial charge on any atom is 0.194 e. The fourth-order valence-corrected chi connectivity index (χ4v) is 13.9. The van der Waals surface area contributed by atoms with Gasteiger partial charge in [-0.25, -0.2) is 19.8 Å². The van der Waals surface area contributed by atoms with Crippen LogP contribution in [0, 0.1) is 29.2 Å². The van der Waals surface area contributed by atoms with Crippen LogP contribution in [0.15, 0.2) is 328 Å².